The lowest BCUT2D eigenvalue weighted by Crippen LogP contribution is -2.46. The lowest BCUT2D eigenvalue weighted by Gasteiger charge is -2.23. The van der Waals surface area contributed by atoms with Crippen molar-refractivity contribution in [2.24, 2.45) is 4.36 Å². The Balaban J connectivity index is 3.16. The predicted octanol–water partition coefficient (Wildman–Crippen LogP) is 1.54. The van der Waals surface area contributed by atoms with Gasteiger partial charge < -0.3 is 0 Å². The lowest BCUT2D eigenvalue weighted by molar-refractivity contribution is -0.953. The van der Waals surface area contributed by atoms with Gasteiger partial charge in [0, 0.05) is 12.4 Å². The summed E-state index contributed by atoms with van der Waals surface area (Å²) in [5.41, 5.74) is 0.928. The van der Waals surface area contributed by atoms with Crippen LogP contribution in [-0.2, 0) is 27.3 Å². The Hall–Kier alpha value is -1.38. The molecule has 0 aromatic heterocycles. The van der Waals surface area contributed by atoms with E-state index in [2.05, 4.69) is 21.6 Å². The monoisotopic (exact) mass is 289 g/mol. The van der Waals surface area contributed by atoms with E-state index in [4.69, 9.17) is 0 Å². The summed E-state index contributed by atoms with van der Waals surface area (Å²) in [5.74, 6) is 0. The highest BCUT2D eigenvalue weighted by Gasteiger charge is 2.40. The minimum absolute atomic E-state index is 0.0512. The van der Waals surface area contributed by atoms with Crippen LogP contribution in [0.15, 0.2) is 33.5 Å². The fourth-order valence-corrected chi connectivity index (χ4v) is 2.40. The highest BCUT2D eigenvalue weighted by atomic mass is 32.2. The van der Waals surface area contributed by atoms with Crippen LogP contribution in [-0.4, -0.2) is 32.7 Å². The van der Waals surface area contributed by atoms with Crippen molar-refractivity contribution in [3.8, 4) is 0 Å². The average molecular weight is 289 g/mol. The van der Waals surface area contributed by atoms with Crippen molar-refractivity contribution in [1.82, 2.24) is 0 Å². The first-order valence-electron chi connectivity index (χ1n) is 4.93. The van der Waals surface area contributed by atoms with E-state index < -0.39 is 20.2 Å². The van der Waals surface area contributed by atoms with Gasteiger partial charge in [-0.2, -0.15) is 8.42 Å². The van der Waals surface area contributed by atoms with E-state index in [1.165, 1.54) is 26.2 Å². The maximum absolute atomic E-state index is 12.2. The molecule has 1 amide bonds. The number of hydrogen-bond donors (Lipinski definition) is 0. The molecule has 0 saturated carbocycles. The molecule has 1 aromatic rings. The first kappa shape index (κ1) is 14.7. The third kappa shape index (κ3) is 2.89. The Kier molecular flexibility index (Phi) is 4.15. The van der Waals surface area contributed by atoms with Crippen LogP contribution in [0.5, 0.6) is 0 Å². The molecule has 0 atom stereocenters. The third-order valence-corrected chi connectivity index (χ3v) is 4.52. The second-order valence-electron chi connectivity index (χ2n) is 3.99. The predicted molar refractivity (Wildman–Crippen MR) is 66.7 cm³/mol. The number of nitrogens with zero attached hydrogens (tertiary/aromatic N) is 2. The number of amides is 1. The van der Waals surface area contributed by atoms with Crippen molar-refractivity contribution in [1.29, 1.82) is 0 Å². The SMILES string of the molecule is Cc1ccc(S(=O)(=O)[N+](C)(C)OC(=O)N=S)cc1. The Morgan fingerprint density at radius 3 is 2.22 bits per heavy atom. The molecule has 0 saturated heterocycles. The highest BCUT2D eigenvalue weighted by molar-refractivity contribution is 7.85. The van der Waals surface area contributed by atoms with Gasteiger partial charge in [0.1, 0.15) is 19.0 Å². The zero-order valence-electron chi connectivity index (χ0n) is 10.2. The maximum atomic E-state index is 12.2. The molecule has 0 aliphatic heterocycles. The van der Waals surface area contributed by atoms with E-state index in [9.17, 15) is 13.2 Å². The number of aryl methyl sites for hydroxylation is 1. The first-order chi connectivity index (χ1) is 8.20. The van der Waals surface area contributed by atoms with Crippen LogP contribution in [0.4, 0.5) is 4.79 Å². The zero-order chi connectivity index (χ0) is 14.0. The van der Waals surface area contributed by atoms with Gasteiger partial charge in [0.05, 0.1) is 0 Å². The van der Waals surface area contributed by atoms with E-state index in [1.54, 1.807) is 12.1 Å². The molecule has 0 aliphatic carbocycles. The molecule has 0 spiro atoms. The van der Waals surface area contributed by atoms with Gasteiger partial charge in [0.25, 0.3) is 0 Å². The molecule has 18 heavy (non-hydrogen) atoms. The fourth-order valence-electron chi connectivity index (χ4n) is 1.22. The average Bonchev–Trinajstić information content (AvgIpc) is 2.28. The molecule has 0 heterocycles. The summed E-state index contributed by atoms with van der Waals surface area (Å²) in [6, 6.07) is 6.21. The Morgan fingerprint density at radius 1 is 1.28 bits per heavy atom. The second-order valence-corrected chi connectivity index (χ2v) is 6.47. The van der Waals surface area contributed by atoms with Crippen LogP contribution in [0.1, 0.15) is 5.56 Å². The van der Waals surface area contributed by atoms with Crippen molar-refractivity contribution >= 4 is 28.5 Å². The molecule has 8 heteroatoms. The molecule has 98 valence electrons. The van der Waals surface area contributed by atoms with Crippen molar-refractivity contribution < 1.29 is 22.1 Å². The summed E-state index contributed by atoms with van der Waals surface area (Å²) in [6.45, 7) is 1.84. The summed E-state index contributed by atoms with van der Waals surface area (Å²) >= 11 is 4.15. The first-order valence-corrected chi connectivity index (χ1v) is 6.74. The number of sulfonamides is 1. The van der Waals surface area contributed by atoms with Gasteiger partial charge in [-0.25, -0.2) is 9.63 Å². The number of rotatable bonds is 3. The Morgan fingerprint density at radius 2 is 1.78 bits per heavy atom. The minimum atomic E-state index is -3.87. The van der Waals surface area contributed by atoms with Crippen LogP contribution in [0, 0.1) is 6.92 Å². The number of carbonyl (C=O) groups excluding carboxylic acids is 1. The molecule has 0 bridgehead atoms. The molecule has 0 radical (unpaired) electrons. The van der Waals surface area contributed by atoms with Gasteiger partial charge in [0.2, 0.25) is 0 Å². The van der Waals surface area contributed by atoms with E-state index in [0.29, 0.717) is 0 Å². The van der Waals surface area contributed by atoms with Crippen LogP contribution in [0.25, 0.3) is 0 Å². The molecular weight excluding hydrogens is 276 g/mol. The van der Waals surface area contributed by atoms with Crippen molar-refractivity contribution in [3.05, 3.63) is 29.8 Å². The fraction of sp³-hybridized carbons (Fsp3) is 0.300. The van der Waals surface area contributed by atoms with Gasteiger partial charge >= 0.3 is 16.1 Å². The number of carbonyl (C=O) groups is 1. The quantitative estimate of drug-likeness (QED) is 0.623. The largest absolute Gasteiger partial charge is 0.500 e. The number of hydrogen-bond acceptors (Lipinski definition) is 5. The molecule has 0 fully saturated rings. The van der Waals surface area contributed by atoms with E-state index in [0.717, 1.165) is 5.56 Å². The van der Waals surface area contributed by atoms with Gasteiger partial charge in [-0.05, 0) is 23.1 Å². The topological polar surface area (TPSA) is 72.8 Å². The second kappa shape index (κ2) is 5.09. The van der Waals surface area contributed by atoms with Crippen molar-refractivity contribution in [2.45, 2.75) is 11.8 Å². The van der Waals surface area contributed by atoms with Crippen LogP contribution >= 0.6 is 0 Å². The molecule has 6 nitrogen and oxygen atoms in total. The van der Waals surface area contributed by atoms with E-state index in [1.807, 2.05) is 6.92 Å². The molecular formula is C10H13N2O4S2+. The van der Waals surface area contributed by atoms with E-state index in [-0.39, 0.29) is 4.90 Å². The molecule has 1 aromatic carbocycles. The third-order valence-electron chi connectivity index (χ3n) is 2.27. The van der Waals surface area contributed by atoms with Crippen LogP contribution in [0.3, 0.4) is 0 Å². The van der Waals surface area contributed by atoms with E-state index >= 15 is 0 Å². The van der Waals surface area contributed by atoms with Crippen LogP contribution in [0.2, 0.25) is 0 Å². The molecule has 0 N–H and O–H groups in total. The number of hydroxylamine groups is 2. The van der Waals surface area contributed by atoms with Crippen molar-refractivity contribution in [2.75, 3.05) is 14.1 Å². The summed E-state index contributed by atoms with van der Waals surface area (Å²) in [7, 11) is -1.44. The van der Waals surface area contributed by atoms with Gasteiger partial charge in [-0.3, -0.25) is 0 Å². The standard InChI is InChI=1S/C10H13N2O4S2/c1-8-4-6-9(7-5-8)18(14,15)12(2,3)16-10(13)11-17/h4-7H,1-3H3/q+1. The van der Waals surface area contributed by atoms with Gasteiger partial charge in [-0.15, -0.1) is 0 Å². The lowest BCUT2D eigenvalue weighted by atomic mass is 10.2. The highest BCUT2D eigenvalue weighted by Crippen LogP contribution is 2.21. The van der Waals surface area contributed by atoms with Gasteiger partial charge in [-0.1, -0.05) is 22.1 Å². The zero-order valence-corrected chi connectivity index (χ0v) is 11.8. The summed E-state index contributed by atoms with van der Waals surface area (Å²) in [6.07, 6.45) is -1.12. The molecule has 0 unspecified atom stereocenters. The Bertz CT molecular complexity index is 564. The summed E-state index contributed by atoms with van der Waals surface area (Å²) < 4.78 is 26.3. The normalized spacial score (nSPS) is 11.9. The summed E-state index contributed by atoms with van der Waals surface area (Å²) in [4.78, 5) is 15.7. The Labute approximate surface area is 111 Å². The summed E-state index contributed by atoms with van der Waals surface area (Å²) in [5, 5.41) is 0. The number of quaternary nitrogens is 1. The van der Waals surface area contributed by atoms with Gasteiger partial charge in [0.15, 0.2) is 0 Å². The minimum Gasteiger partial charge on any atom is -0.233 e. The van der Waals surface area contributed by atoms with Crippen molar-refractivity contribution in [3.63, 3.8) is 0 Å². The number of benzene rings is 1. The maximum Gasteiger partial charge on any atom is 0.500 e. The molecule has 1 rings (SSSR count). The smallest absolute Gasteiger partial charge is 0.233 e. The van der Waals surface area contributed by atoms with Crippen LogP contribution < -0.4 is 0 Å². The molecule has 0 aliphatic rings.